The predicted octanol–water partition coefficient (Wildman–Crippen LogP) is 3.02. The first-order valence-corrected chi connectivity index (χ1v) is 8.31. The standard InChI is InChI=1S/C16H26N2S/c1-14-3-5-16(6-4-14)19-12-11-18(2)13-15-7-9-17-10-8-15/h3-6,15,17H,7-13H2,1-2H3. The van der Waals surface area contributed by atoms with Crippen molar-refractivity contribution in [3.63, 3.8) is 0 Å². The lowest BCUT2D eigenvalue weighted by molar-refractivity contribution is 0.250. The van der Waals surface area contributed by atoms with Crippen LogP contribution in [0.15, 0.2) is 29.2 Å². The van der Waals surface area contributed by atoms with Crippen LogP contribution in [0.4, 0.5) is 0 Å². The van der Waals surface area contributed by atoms with Crippen molar-refractivity contribution in [1.29, 1.82) is 0 Å². The smallest absolute Gasteiger partial charge is 0.0108 e. The van der Waals surface area contributed by atoms with E-state index in [4.69, 9.17) is 0 Å². The Balaban J connectivity index is 1.63. The topological polar surface area (TPSA) is 15.3 Å². The molecule has 1 aliphatic heterocycles. The van der Waals surface area contributed by atoms with E-state index in [0.29, 0.717) is 0 Å². The molecular weight excluding hydrogens is 252 g/mol. The number of aryl methyl sites for hydroxylation is 1. The van der Waals surface area contributed by atoms with Gasteiger partial charge in [0.25, 0.3) is 0 Å². The molecule has 2 nitrogen and oxygen atoms in total. The molecule has 1 aromatic carbocycles. The fraction of sp³-hybridized carbons (Fsp3) is 0.625. The van der Waals surface area contributed by atoms with Gasteiger partial charge in [0, 0.05) is 23.7 Å². The van der Waals surface area contributed by atoms with Crippen molar-refractivity contribution in [3.05, 3.63) is 29.8 Å². The second-order valence-electron chi connectivity index (χ2n) is 5.62. The molecule has 0 spiro atoms. The summed E-state index contributed by atoms with van der Waals surface area (Å²) in [7, 11) is 2.26. The SMILES string of the molecule is Cc1ccc(SCCN(C)CC2CCNCC2)cc1. The molecule has 0 amide bonds. The van der Waals surface area contributed by atoms with E-state index in [1.54, 1.807) is 0 Å². The van der Waals surface area contributed by atoms with E-state index in [0.717, 1.165) is 5.92 Å². The number of benzene rings is 1. The molecule has 0 saturated carbocycles. The highest BCUT2D eigenvalue weighted by Gasteiger charge is 2.14. The van der Waals surface area contributed by atoms with E-state index in [1.807, 2.05) is 11.8 Å². The number of nitrogens with zero attached hydrogens (tertiary/aromatic N) is 1. The molecule has 3 heteroatoms. The average Bonchev–Trinajstić information content (AvgIpc) is 2.42. The summed E-state index contributed by atoms with van der Waals surface area (Å²) in [6.07, 6.45) is 2.69. The van der Waals surface area contributed by atoms with Crippen LogP contribution in [0.2, 0.25) is 0 Å². The largest absolute Gasteiger partial charge is 0.317 e. The maximum Gasteiger partial charge on any atom is 0.0108 e. The Kier molecular flexibility index (Phi) is 6.21. The summed E-state index contributed by atoms with van der Waals surface area (Å²) in [4.78, 5) is 3.89. The van der Waals surface area contributed by atoms with Gasteiger partial charge in [0.05, 0.1) is 0 Å². The zero-order valence-electron chi connectivity index (χ0n) is 12.2. The molecule has 0 atom stereocenters. The second kappa shape index (κ2) is 7.93. The monoisotopic (exact) mass is 278 g/mol. The first-order valence-electron chi connectivity index (χ1n) is 7.33. The molecule has 0 unspecified atom stereocenters. The molecular formula is C16H26N2S. The predicted molar refractivity (Wildman–Crippen MR) is 85.0 cm³/mol. The maximum atomic E-state index is 3.43. The molecule has 0 aromatic heterocycles. The summed E-state index contributed by atoms with van der Waals surface area (Å²) in [6.45, 7) is 6.99. The van der Waals surface area contributed by atoms with Gasteiger partial charge in [0.2, 0.25) is 0 Å². The van der Waals surface area contributed by atoms with Gasteiger partial charge in [0.1, 0.15) is 0 Å². The fourth-order valence-electron chi connectivity index (χ4n) is 2.55. The van der Waals surface area contributed by atoms with E-state index in [1.165, 1.54) is 55.2 Å². The number of hydrogen-bond acceptors (Lipinski definition) is 3. The number of thioether (sulfide) groups is 1. The van der Waals surface area contributed by atoms with Crippen LogP contribution >= 0.6 is 11.8 Å². The van der Waals surface area contributed by atoms with E-state index >= 15 is 0 Å². The molecule has 0 bridgehead atoms. The third kappa shape index (κ3) is 5.55. The van der Waals surface area contributed by atoms with Crippen LogP contribution in [0.1, 0.15) is 18.4 Å². The molecule has 1 heterocycles. The van der Waals surface area contributed by atoms with E-state index in [2.05, 4.69) is 48.5 Å². The average molecular weight is 278 g/mol. The van der Waals surface area contributed by atoms with Crippen molar-refractivity contribution in [3.8, 4) is 0 Å². The van der Waals surface area contributed by atoms with Crippen LogP contribution in [-0.4, -0.2) is 43.9 Å². The molecule has 0 aliphatic carbocycles. The number of nitrogens with one attached hydrogen (secondary N) is 1. The molecule has 1 aliphatic rings. The van der Waals surface area contributed by atoms with Crippen LogP contribution in [0.25, 0.3) is 0 Å². The van der Waals surface area contributed by atoms with Crippen molar-refractivity contribution in [2.45, 2.75) is 24.7 Å². The molecule has 2 rings (SSSR count). The molecule has 1 saturated heterocycles. The molecule has 1 aromatic rings. The zero-order valence-corrected chi connectivity index (χ0v) is 13.0. The lowest BCUT2D eigenvalue weighted by Gasteiger charge is -2.27. The number of piperidine rings is 1. The fourth-order valence-corrected chi connectivity index (χ4v) is 3.52. The Morgan fingerprint density at radius 1 is 1.21 bits per heavy atom. The minimum Gasteiger partial charge on any atom is -0.317 e. The van der Waals surface area contributed by atoms with Gasteiger partial charge in [-0.15, -0.1) is 11.8 Å². The van der Waals surface area contributed by atoms with Gasteiger partial charge in [-0.1, -0.05) is 17.7 Å². The Bertz CT molecular complexity index is 358. The zero-order chi connectivity index (χ0) is 13.5. The number of hydrogen-bond donors (Lipinski definition) is 1. The normalized spacial score (nSPS) is 17.0. The highest BCUT2D eigenvalue weighted by atomic mass is 32.2. The lowest BCUT2D eigenvalue weighted by Crippen LogP contribution is -2.35. The Hall–Kier alpha value is -0.510. The maximum absolute atomic E-state index is 3.43. The summed E-state index contributed by atoms with van der Waals surface area (Å²) in [5.74, 6) is 2.08. The summed E-state index contributed by atoms with van der Waals surface area (Å²) in [6, 6.07) is 8.85. The third-order valence-corrected chi connectivity index (χ3v) is 4.78. The quantitative estimate of drug-likeness (QED) is 0.805. The van der Waals surface area contributed by atoms with Crippen molar-refractivity contribution in [1.82, 2.24) is 10.2 Å². The highest BCUT2D eigenvalue weighted by Crippen LogP contribution is 2.19. The molecule has 1 N–H and O–H groups in total. The molecule has 1 fully saturated rings. The van der Waals surface area contributed by atoms with Crippen LogP contribution in [-0.2, 0) is 0 Å². The van der Waals surface area contributed by atoms with E-state index in [-0.39, 0.29) is 0 Å². The molecule has 106 valence electrons. The van der Waals surface area contributed by atoms with Crippen molar-refractivity contribution in [2.24, 2.45) is 5.92 Å². The molecule has 0 radical (unpaired) electrons. The van der Waals surface area contributed by atoms with Gasteiger partial charge in [-0.3, -0.25) is 0 Å². The van der Waals surface area contributed by atoms with Crippen molar-refractivity contribution in [2.75, 3.05) is 39.0 Å². The minimum absolute atomic E-state index is 0.899. The van der Waals surface area contributed by atoms with Gasteiger partial charge in [-0.25, -0.2) is 0 Å². The second-order valence-corrected chi connectivity index (χ2v) is 6.79. The Morgan fingerprint density at radius 2 is 1.89 bits per heavy atom. The van der Waals surface area contributed by atoms with Crippen molar-refractivity contribution < 1.29 is 0 Å². The number of rotatable bonds is 6. The van der Waals surface area contributed by atoms with E-state index in [9.17, 15) is 0 Å². The highest BCUT2D eigenvalue weighted by molar-refractivity contribution is 7.99. The molecule has 19 heavy (non-hydrogen) atoms. The first-order chi connectivity index (χ1) is 9.24. The van der Waals surface area contributed by atoms with Crippen LogP contribution in [0.3, 0.4) is 0 Å². The summed E-state index contributed by atoms with van der Waals surface area (Å²) < 4.78 is 0. The lowest BCUT2D eigenvalue weighted by atomic mass is 9.98. The summed E-state index contributed by atoms with van der Waals surface area (Å²) in [5.41, 5.74) is 1.34. The van der Waals surface area contributed by atoms with Gasteiger partial charge >= 0.3 is 0 Å². The van der Waals surface area contributed by atoms with Crippen LogP contribution in [0, 0.1) is 12.8 Å². The van der Waals surface area contributed by atoms with Gasteiger partial charge in [0.15, 0.2) is 0 Å². The van der Waals surface area contributed by atoms with Crippen LogP contribution < -0.4 is 5.32 Å². The Morgan fingerprint density at radius 3 is 2.58 bits per heavy atom. The first kappa shape index (κ1) is 14.9. The summed E-state index contributed by atoms with van der Waals surface area (Å²) >= 11 is 1.97. The van der Waals surface area contributed by atoms with Crippen LogP contribution in [0.5, 0.6) is 0 Å². The minimum atomic E-state index is 0.899. The van der Waals surface area contributed by atoms with Gasteiger partial charge < -0.3 is 10.2 Å². The van der Waals surface area contributed by atoms with Gasteiger partial charge in [-0.2, -0.15) is 0 Å². The summed E-state index contributed by atoms with van der Waals surface area (Å²) in [5, 5.41) is 3.43. The van der Waals surface area contributed by atoms with Gasteiger partial charge in [-0.05, 0) is 58.0 Å². The third-order valence-electron chi connectivity index (χ3n) is 3.79. The van der Waals surface area contributed by atoms with Crippen molar-refractivity contribution >= 4 is 11.8 Å². The Labute approximate surface area is 122 Å². The van der Waals surface area contributed by atoms with E-state index < -0.39 is 0 Å².